The van der Waals surface area contributed by atoms with E-state index in [2.05, 4.69) is 15.5 Å². The van der Waals surface area contributed by atoms with Gasteiger partial charge in [0.15, 0.2) is 0 Å². The van der Waals surface area contributed by atoms with E-state index in [9.17, 15) is 28.1 Å². The van der Waals surface area contributed by atoms with Crippen molar-refractivity contribution in [2.45, 2.75) is 25.7 Å². The fraction of sp³-hybridized carbons (Fsp3) is 0.235. The molecule has 0 aliphatic heterocycles. The van der Waals surface area contributed by atoms with Crippen molar-refractivity contribution in [2.75, 3.05) is 5.32 Å². The molecule has 0 atom stereocenters. The van der Waals surface area contributed by atoms with Crippen molar-refractivity contribution >= 4 is 17.4 Å². The summed E-state index contributed by atoms with van der Waals surface area (Å²) >= 11 is 0. The van der Waals surface area contributed by atoms with Gasteiger partial charge >= 0.3 is 12.0 Å². The molecular weight excluding hydrogens is 393 g/mol. The van der Waals surface area contributed by atoms with Gasteiger partial charge in [0.1, 0.15) is 0 Å². The number of nitrogens with one attached hydrogen (secondary N) is 1. The largest absolute Gasteiger partial charge is 0.416 e. The monoisotopic (exact) mass is 408 g/mol. The fourth-order valence-electron chi connectivity index (χ4n) is 2.56. The molecule has 3 rings (SSSR count). The van der Waals surface area contributed by atoms with Crippen molar-refractivity contribution < 1.29 is 22.9 Å². The molecule has 3 aromatic rings. The molecule has 0 bridgehead atoms. The Morgan fingerprint density at radius 1 is 1.24 bits per heavy atom. The number of rotatable bonds is 7. The summed E-state index contributed by atoms with van der Waals surface area (Å²) in [5, 5.41) is 20.9. The summed E-state index contributed by atoms with van der Waals surface area (Å²) in [6, 6.07) is 6.15. The lowest BCUT2D eigenvalue weighted by molar-refractivity contribution is -0.389. The summed E-state index contributed by atoms with van der Waals surface area (Å²) < 4.78 is 41.0. The summed E-state index contributed by atoms with van der Waals surface area (Å²) in [4.78, 5) is 22.0. The third-order valence-electron chi connectivity index (χ3n) is 3.90. The highest BCUT2D eigenvalue weighted by Gasteiger charge is 2.30. The van der Waals surface area contributed by atoms with Crippen LogP contribution in [0, 0.1) is 10.1 Å². The van der Waals surface area contributed by atoms with Gasteiger partial charge in [-0.25, -0.2) is 0 Å². The van der Waals surface area contributed by atoms with Gasteiger partial charge in [-0.2, -0.15) is 23.0 Å². The van der Waals surface area contributed by atoms with Crippen molar-refractivity contribution in [1.82, 2.24) is 19.6 Å². The number of nitrogens with zero attached hydrogens (tertiary/aromatic N) is 5. The zero-order chi connectivity index (χ0) is 21.0. The molecule has 2 heterocycles. The SMILES string of the molecule is O=C(CCn1ccc([N+](=O)[O-])n1)Nc1cnn(Cc2cccc(C(F)(F)F)c2)c1. The number of benzene rings is 1. The molecule has 9 nitrogen and oxygen atoms in total. The molecule has 1 aromatic carbocycles. The third kappa shape index (κ3) is 5.40. The van der Waals surface area contributed by atoms with E-state index in [0.29, 0.717) is 11.3 Å². The Hall–Kier alpha value is -3.70. The molecule has 0 unspecified atom stereocenters. The van der Waals surface area contributed by atoms with E-state index in [1.807, 2.05) is 0 Å². The van der Waals surface area contributed by atoms with Crippen LogP contribution in [0.4, 0.5) is 24.7 Å². The van der Waals surface area contributed by atoms with E-state index >= 15 is 0 Å². The first-order chi connectivity index (χ1) is 13.7. The zero-order valence-electron chi connectivity index (χ0n) is 14.8. The third-order valence-corrected chi connectivity index (χ3v) is 3.90. The maximum Gasteiger partial charge on any atom is 0.416 e. The van der Waals surface area contributed by atoms with E-state index < -0.39 is 16.7 Å². The average Bonchev–Trinajstić information content (AvgIpc) is 3.29. The zero-order valence-corrected chi connectivity index (χ0v) is 14.8. The Bertz CT molecular complexity index is 1030. The number of carbonyl (C=O) groups is 1. The molecule has 1 amide bonds. The number of alkyl halides is 3. The molecular formula is C17H15F3N6O3. The van der Waals surface area contributed by atoms with Gasteiger partial charge in [0.05, 0.1) is 47.9 Å². The van der Waals surface area contributed by atoms with Crippen LogP contribution in [-0.2, 0) is 24.1 Å². The molecule has 29 heavy (non-hydrogen) atoms. The first-order valence-corrected chi connectivity index (χ1v) is 8.37. The Kier molecular flexibility index (Phi) is 5.61. The van der Waals surface area contributed by atoms with Gasteiger partial charge in [-0.15, -0.1) is 0 Å². The topological polar surface area (TPSA) is 108 Å². The molecule has 0 spiro atoms. The van der Waals surface area contributed by atoms with Gasteiger partial charge < -0.3 is 15.4 Å². The summed E-state index contributed by atoms with van der Waals surface area (Å²) in [6.45, 7) is 0.259. The van der Waals surface area contributed by atoms with Gasteiger partial charge in [0.2, 0.25) is 5.91 Å². The van der Waals surface area contributed by atoms with Crippen molar-refractivity contribution in [3.63, 3.8) is 0 Å². The minimum Gasteiger partial charge on any atom is -0.358 e. The second kappa shape index (κ2) is 8.12. The van der Waals surface area contributed by atoms with Crippen LogP contribution in [-0.4, -0.2) is 30.4 Å². The first-order valence-electron chi connectivity index (χ1n) is 8.37. The average molecular weight is 408 g/mol. The molecule has 1 N–H and O–H groups in total. The van der Waals surface area contributed by atoms with Crippen molar-refractivity contribution in [3.05, 3.63) is 70.2 Å². The number of anilines is 1. The van der Waals surface area contributed by atoms with Crippen LogP contribution >= 0.6 is 0 Å². The van der Waals surface area contributed by atoms with Gasteiger partial charge in [-0.1, -0.05) is 12.1 Å². The number of halogens is 3. The van der Waals surface area contributed by atoms with Gasteiger partial charge in [0.25, 0.3) is 0 Å². The maximum absolute atomic E-state index is 12.8. The highest BCUT2D eigenvalue weighted by Crippen LogP contribution is 2.29. The summed E-state index contributed by atoms with van der Waals surface area (Å²) in [5.41, 5.74) is 0.0593. The normalized spacial score (nSPS) is 11.4. The van der Waals surface area contributed by atoms with Crippen molar-refractivity contribution in [3.8, 4) is 0 Å². The Morgan fingerprint density at radius 3 is 2.72 bits per heavy atom. The summed E-state index contributed by atoms with van der Waals surface area (Å²) in [6.07, 6.45) is -0.119. The summed E-state index contributed by atoms with van der Waals surface area (Å²) in [5.74, 6) is -0.664. The van der Waals surface area contributed by atoms with Crippen LogP contribution in [0.1, 0.15) is 17.5 Å². The van der Waals surface area contributed by atoms with Gasteiger partial charge in [-0.3, -0.25) is 9.48 Å². The maximum atomic E-state index is 12.8. The fourth-order valence-corrected chi connectivity index (χ4v) is 2.56. The molecule has 0 saturated carbocycles. The van der Waals surface area contributed by atoms with E-state index in [-0.39, 0.29) is 31.2 Å². The van der Waals surface area contributed by atoms with Crippen LogP contribution in [0.5, 0.6) is 0 Å². The van der Waals surface area contributed by atoms with Gasteiger partial charge in [-0.05, 0) is 22.6 Å². The van der Waals surface area contributed by atoms with E-state index in [4.69, 9.17) is 0 Å². The molecule has 2 aromatic heterocycles. The lowest BCUT2D eigenvalue weighted by atomic mass is 10.1. The van der Waals surface area contributed by atoms with Gasteiger partial charge in [0, 0.05) is 12.6 Å². The molecule has 12 heteroatoms. The molecule has 152 valence electrons. The number of aromatic nitrogens is 4. The van der Waals surface area contributed by atoms with Crippen molar-refractivity contribution in [1.29, 1.82) is 0 Å². The van der Waals surface area contributed by atoms with Crippen LogP contribution in [0.3, 0.4) is 0 Å². The van der Waals surface area contributed by atoms with Crippen LogP contribution < -0.4 is 5.32 Å². The lowest BCUT2D eigenvalue weighted by Crippen LogP contribution is -2.14. The molecule has 0 saturated heterocycles. The smallest absolute Gasteiger partial charge is 0.358 e. The van der Waals surface area contributed by atoms with E-state index in [1.54, 1.807) is 6.07 Å². The van der Waals surface area contributed by atoms with Crippen molar-refractivity contribution in [2.24, 2.45) is 0 Å². The number of nitro groups is 1. The van der Waals surface area contributed by atoms with Crippen LogP contribution in [0.25, 0.3) is 0 Å². The Labute approximate surface area is 161 Å². The standard InChI is InChI=1S/C17H15F3N6O3/c18-17(19,20)13-3-1-2-12(8-13)10-25-11-14(9-21-25)22-16(27)5-7-24-6-4-15(23-24)26(28)29/h1-4,6,8-9,11H,5,7,10H2,(H,22,27). The second-order valence-corrected chi connectivity index (χ2v) is 6.12. The minimum atomic E-state index is -4.42. The van der Waals surface area contributed by atoms with Crippen LogP contribution in [0.15, 0.2) is 48.9 Å². The Morgan fingerprint density at radius 2 is 2.03 bits per heavy atom. The number of carbonyl (C=O) groups excluding carboxylic acids is 1. The second-order valence-electron chi connectivity index (χ2n) is 6.12. The predicted molar refractivity (Wildman–Crippen MR) is 94.9 cm³/mol. The van der Waals surface area contributed by atoms with E-state index in [0.717, 1.165) is 12.1 Å². The number of aryl methyl sites for hydroxylation is 1. The molecule has 0 radical (unpaired) electrons. The van der Waals surface area contributed by atoms with E-state index in [1.165, 1.54) is 40.1 Å². The number of hydrogen-bond acceptors (Lipinski definition) is 5. The molecule has 0 fully saturated rings. The molecule has 0 aliphatic carbocycles. The predicted octanol–water partition coefficient (Wildman–Crippen LogP) is 3.08. The lowest BCUT2D eigenvalue weighted by Gasteiger charge is -2.08. The first kappa shape index (κ1) is 20.0. The highest BCUT2D eigenvalue weighted by molar-refractivity contribution is 5.90. The molecule has 0 aliphatic rings. The summed E-state index contributed by atoms with van der Waals surface area (Å²) in [7, 11) is 0. The quantitative estimate of drug-likeness (QED) is 0.477. The number of hydrogen-bond donors (Lipinski definition) is 1. The number of amides is 1. The Balaban J connectivity index is 1.54. The highest BCUT2D eigenvalue weighted by atomic mass is 19.4. The van der Waals surface area contributed by atoms with Crippen LogP contribution in [0.2, 0.25) is 0 Å². The minimum absolute atomic E-state index is 0.0254.